The number of hydrogen-bond donors (Lipinski definition) is 1. The van der Waals surface area contributed by atoms with Crippen molar-refractivity contribution in [2.24, 2.45) is 5.10 Å². The molecule has 1 amide bonds. The van der Waals surface area contributed by atoms with Gasteiger partial charge in [0.2, 0.25) is 6.79 Å². The Balaban J connectivity index is 1.26. The topological polar surface area (TPSA) is 95.5 Å². The molecule has 8 nitrogen and oxygen atoms in total. The van der Waals surface area contributed by atoms with E-state index in [1.807, 2.05) is 6.07 Å². The van der Waals surface area contributed by atoms with E-state index in [1.54, 1.807) is 54.6 Å². The van der Waals surface area contributed by atoms with Gasteiger partial charge in [0.15, 0.2) is 11.5 Å². The molecule has 160 valence electrons. The lowest BCUT2D eigenvalue weighted by molar-refractivity contribution is 0.0733. The number of benzene rings is 3. The molecule has 0 saturated heterocycles. The summed E-state index contributed by atoms with van der Waals surface area (Å²) >= 11 is 0. The number of hydrogen-bond acceptors (Lipinski definition) is 7. The van der Waals surface area contributed by atoms with E-state index in [-0.39, 0.29) is 12.7 Å². The Hall–Kier alpha value is -4.17. The van der Waals surface area contributed by atoms with Crippen LogP contribution in [0, 0.1) is 0 Å². The molecule has 0 bridgehead atoms. The van der Waals surface area contributed by atoms with Gasteiger partial charge in [-0.2, -0.15) is 5.10 Å². The maximum Gasteiger partial charge on any atom is 0.343 e. The van der Waals surface area contributed by atoms with Gasteiger partial charge in [-0.25, -0.2) is 10.2 Å². The first-order valence-electron chi connectivity index (χ1n) is 9.91. The summed E-state index contributed by atoms with van der Waals surface area (Å²) in [6.45, 7) is 1.19. The molecule has 0 aromatic heterocycles. The maximum absolute atomic E-state index is 12.6. The molecule has 2 aliphatic rings. The van der Waals surface area contributed by atoms with Crippen LogP contribution in [0.5, 0.6) is 17.2 Å². The van der Waals surface area contributed by atoms with Crippen molar-refractivity contribution in [3.63, 3.8) is 0 Å². The van der Waals surface area contributed by atoms with Crippen LogP contribution in [-0.2, 0) is 18.0 Å². The van der Waals surface area contributed by atoms with Crippen LogP contribution in [0.15, 0.2) is 65.8 Å². The smallest absolute Gasteiger partial charge is 0.343 e. The van der Waals surface area contributed by atoms with Crippen molar-refractivity contribution in [3.05, 3.63) is 88.5 Å². The van der Waals surface area contributed by atoms with Crippen LogP contribution in [0.2, 0.25) is 0 Å². The van der Waals surface area contributed by atoms with Gasteiger partial charge in [0.05, 0.1) is 25.0 Å². The molecule has 3 aromatic rings. The van der Waals surface area contributed by atoms with Crippen LogP contribution in [0.3, 0.4) is 0 Å². The molecule has 0 saturated carbocycles. The maximum atomic E-state index is 12.6. The van der Waals surface area contributed by atoms with Gasteiger partial charge >= 0.3 is 5.97 Å². The highest BCUT2D eigenvalue weighted by Gasteiger charge is 2.18. The number of fused-ring (bicyclic) bond motifs is 2. The molecule has 2 aliphatic heterocycles. The van der Waals surface area contributed by atoms with E-state index >= 15 is 0 Å². The minimum Gasteiger partial charge on any atom is -0.454 e. The third kappa shape index (κ3) is 4.03. The minimum atomic E-state index is -0.548. The van der Waals surface area contributed by atoms with Crippen LogP contribution in [0.1, 0.15) is 37.4 Å². The van der Waals surface area contributed by atoms with Crippen LogP contribution < -0.4 is 19.6 Å². The Morgan fingerprint density at radius 1 is 0.906 bits per heavy atom. The Morgan fingerprint density at radius 2 is 1.72 bits per heavy atom. The Bertz CT molecular complexity index is 1240. The lowest BCUT2D eigenvalue weighted by Gasteiger charge is -2.08. The fourth-order valence-corrected chi connectivity index (χ4v) is 3.40. The summed E-state index contributed by atoms with van der Waals surface area (Å²) in [7, 11) is 0. The fraction of sp³-hybridized carbons (Fsp3) is 0.125. The molecule has 0 atom stereocenters. The van der Waals surface area contributed by atoms with Gasteiger partial charge in [-0.3, -0.25) is 4.79 Å². The SMILES string of the molecule is O=C(N/N=C/c1ccccc1OC(=O)c1ccc2c(c1)OCO2)c1ccc2c(c1)COC2. The second-order valence-electron chi connectivity index (χ2n) is 7.17. The molecule has 0 aliphatic carbocycles. The number of amides is 1. The van der Waals surface area contributed by atoms with Crippen LogP contribution >= 0.6 is 0 Å². The molecule has 8 heteroatoms. The Morgan fingerprint density at radius 3 is 2.66 bits per heavy atom. The quantitative estimate of drug-likeness (QED) is 0.288. The van der Waals surface area contributed by atoms with E-state index in [2.05, 4.69) is 10.5 Å². The van der Waals surface area contributed by atoms with Gasteiger partial charge in [0.1, 0.15) is 5.75 Å². The summed E-state index contributed by atoms with van der Waals surface area (Å²) < 4.78 is 21.5. The van der Waals surface area contributed by atoms with E-state index in [0.717, 1.165) is 11.1 Å². The highest BCUT2D eigenvalue weighted by molar-refractivity contribution is 5.96. The number of hydrazone groups is 1. The third-order valence-electron chi connectivity index (χ3n) is 5.08. The van der Waals surface area contributed by atoms with E-state index in [1.165, 1.54) is 6.21 Å². The first-order chi connectivity index (χ1) is 15.7. The van der Waals surface area contributed by atoms with Crippen LogP contribution in [-0.4, -0.2) is 24.9 Å². The normalized spacial score (nSPS) is 13.8. The first-order valence-corrected chi connectivity index (χ1v) is 9.91. The molecule has 0 spiro atoms. The van der Waals surface area contributed by atoms with Crippen molar-refractivity contribution < 1.29 is 28.5 Å². The van der Waals surface area contributed by atoms with Gasteiger partial charge in [-0.1, -0.05) is 18.2 Å². The van der Waals surface area contributed by atoms with Gasteiger partial charge < -0.3 is 18.9 Å². The summed E-state index contributed by atoms with van der Waals surface area (Å²) in [5.41, 5.74) is 5.94. The van der Waals surface area contributed by atoms with Crippen molar-refractivity contribution in [3.8, 4) is 17.2 Å². The second kappa shape index (κ2) is 8.52. The molecule has 5 rings (SSSR count). The van der Waals surface area contributed by atoms with Crippen LogP contribution in [0.25, 0.3) is 0 Å². The summed E-state index contributed by atoms with van der Waals surface area (Å²) in [4.78, 5) is 25.0. The molecule has 2 heterocycles. The highest BCUT2D eigenvalue weighted by Crippen LogP contribution is 2.33. The zero-order chi connectivity index (χ0) is 21.9. The fourth-order valence-electron chi connectivity index (χ4n) is 3.40. The van der Waals surface area contributed by atoms with Crippen molar-refractivity contribution >= 4 is 18.1 Å². The van der Waals surface area contributed by atoms with E-state index in [9.17, 15) is 9.59 Å². The van der Waals surface area contributed by atoms with Crippen molar-refractivity contribution in [2.75, 3.05) is 6.79 Å². The highest BCUT2D eigenvalue weighted by atomic mass is 16.7. The number of rotatable bonds is 5. The summed E-state index contributed by atoms with van der Waals surface area (Å²) in [6.07, 6.45) is 1.43. The number of esters is 1. The average Bonchev–Trinajstić information content (AvgIpc) is 3.48. The average molecular weight is 430 g/mol. The van der Waals surface area contributed by atoms with E-state index in [0.29, 0.717) is 47.2 Å². The zero-order valence-electron chi connectivity index (χ0n) is 16.9. The van der Waals surface area contributed by atoms with Gasteiger partial charge in [0.25, 0.3) is 5.91 Å². The van der Waals surface area contributed by atoms with E-state index < -0.39 is 5.97 Å². The van der Waals surface area contributed by atoms with Gasteiger partial charge in [-0.15, -0.1) is 0 Å². The predicted octanol–water partition coefficient (Wildman–Crippen LogP) is 3.43. The number of nitrogens with zero attached hydrogens (tertiary/aromatic N) is 1. The molecule has 0 fully saturated rings. The zero-order valence-corrected chi connectivity index (χ0v) is 16.9. The number of para-hydroxylation sites is 1. The largest absolute Gasteiger partial charge is 0.454 e. The first kappa shape index (κ1) is 19.8. The standard InChI is InChI=1S/C24H18N2O6/c27-23(15-5-6-18-12-29-13-19(18)9-15)26-25-11-17-3-1-2-4-20(17)32-24(28)16-7-8-21-22(10-16)31-14-30-21/h1-11H,12-14H2,(H,26,27)/b25-11+. The van der Waals surface area contributed by atoms with Crippen molar-refractivity contribution in [2.45, 2.75) is 13.2 Å². The Labute approximate surface area is 183 Å². The second-order valence-corrected chi connectivity index (χ2v) is 7.17. The predicted molar refractivity (Wildman–Crippen MR) is 114 cm³/mol. The Kier molecular flexibility index (Phi) is 5.27. The van der Waals surface area contributed by atoms with Gasteiger partial charge in [0, 0.05) is 11.1 Å². The molecule has 3 aromatic carbocycles. The van der Waals surface area contributed by atoms with E-state index in [4.69, 9.17) is 18.9 Å². The number of carbonyl (C=O) groups excluding carboxylic acids is 2. The molecule has 0 radical (unpaired) electrons. The summed E-state index contributed by atoms with van der Waals surface area (Å²) in [5, 5.41) is 4.02. The molecule has 32 heavy (non-hydrogen) atoms. The summed E-state index contributed by atoms with van der Waals surface area (Å²) in [5.74, 6) is 0.498. The summed E-state index contributed by atoms with van der Waals surface area (Å²) in [6, 6.07) is 17.1. The minimum absolute atomic E-state index is 0.123. The molecule has 0 unspecified atom stereocenters. The van der Waals surface area contributed by atoms with Gasteiger partial charge in [-0.05, 0) is 53.6 Å². The number of carbonyl (C=O) groups is 2. The van der Waals surface area contributed by atoms with Crippen LogP contribution in [0.4, 0.5) is 0 Å². The monoisotopic (exact) mass is 430 g/mol. The molecular weight excluding hydrogens is 412 g/mol. The number of ether oxygens (including phenoxy) is 4. The van der Waals surface area contributed by atoms with Crippen molar-refractivity contribution in [1.29, 1.82) is 0 Å². The van der Waals surface area contributed by atoms with Crippen molar-refractivity contribution in [1.82, 2.24) is 5.43 Å². The number of nitrogens with one attached hydrogen (secondary N) is 1. The molecular formula is C24H18N2O6. The third-order valence-corrected chi connectivity index (χ3v) is 5.08. The molecule has 1 N–H and O–H groups in total. The lowest BCUT2D eigenvalue weighted by atomic mass is 10.1. The lowest BCUT2D eigenvalue weighted by Crippen LogP contribution is -2.18.